The van der Waals surface area contributed by atoms with Crippen LogP contribution in [0.4, 0.5) is 0 Å². The van der Waals surface area contributed by atoms with Crippen LogP contribution in [0.2, 0.25) is 0 Å². The van der Waals surface area contributed by atoms with Crippen LogP contribution in [0, 0.1) is 11.8 Å². The van der Waals surface area contributed by atoms with Gasteiger partial charge in [0.15, 0.2) is 0 Å². The Morgan fingerprint density at radius 2 is 2.13 bits per heavy atom. The van der Waals surface area contributed by atoms with Crippen molar-refractivity contribution in [2.75, 3.05) is 26.2 Å². The molecule has 1 saturated carbocycles. The van der Waals surface area contributed by atoms with Gasteiger partial charge in [-0.3, -0.25) is 0 Å². The normalized spacial score (nSPS) is 46.2. The fourth-order valence-electron chi connectivity index (χ4n) is 3.55. The Labute approximate surface area is 91.4 Å². The first-order valence-electron chi connectivity index (χ1n) is 6.35. The van der Waals surface area contributed by atoms with Gasteiger partial charge in [-0.05, 0) is 31.6 Å². The van der Waals surface area contributed by atoms with Gasteiger partial charge in [0.05, 0.1) is 12.2 Å². The highest BCUT2D eigenvalue weighted by Gasteiger charge is 2.42. The third-order valence-electron chi connectivity index (χ3n) is 4.38. The van der Waals surface area contributed by atoms with Crippen LogP contribution in [0.5, 0.6) is 0 Å². The Balaban J connectivity index is 1.53. The van der Waals surface area contributed by atoms with Crippen molar-refractivity contribution in [3.8, 4) is 0 Å². The molecule has 0 spiro atoms. The second kappa shape index (κ2) is 4.04. The van der Waals surface area contributed by atoms with Crippen LogP contribution in [-0.4, -0.2) is 48.5 Å². The number of likely N-dealkylation sites (tertiary alicyclic amines) is 1. The number of aliphatic hydroxyl groups excluding tert-OH is 1. The van der Waals surface area contributed by atoms with E-state index in [4.69, 9.17) is 4.74 Å². The molecule has 3 aliphatic rings. The Kier molecular flexibility index (Phi) is 2.71. The topological polar surface area (TPSA) is 32.7 Å². The van der Waals surface area contributed by atoms with Gasteiger partial charge in [0.2, 0.25) is 0 Å². The Morgan fingerprint density at radius 3 is 2.87 bits per heavy atom. The van der Waals surface area contributed by atoms with Crippen molar-refractivity contribution in [3.05, 3.63) is 0 Å². The van der Waals surface area contributed by atoms with Gasteiger partial charge in [-0.25, -0.2) is 0 Å². The molecule has 0 amide bonds. The molecule has 15 heavy (non-hydrogen) atoms. The number of fused-ring (bicyclic) bond motifs is 1. The van der Waals surface area contributed by atoms with Crippen molar-refractivity contribution in [2.24, 2.45) is 11.8 Å². The van der Waals surface area contributed by atoms with Crippen molar-refractivity contribution in [3.63, 3.8) is 0 Å². The van der Waals surface area contributed by atoms with E-state index in [1.807, 2.05) is 0 Å². The zero-order valence-corrected chi connectivity index (χ0v) is 9.27. The number of aliphatic hydroxyl groups is 1. The Morgan fingerprint density at radius 1 is 1.20 bits per heavy atom. The zero-order chi connectivity index (χ0) is 10.3. The Bertz CT molecular complexity index is 226. The van der Waals surface area contributed by atoms with E-state index in [2.05, 4.69) is 4.90 Å². The summed E-state index contributed by atoms with van der Waals surface area (Å²) in [7, 11) is 0. The minimum atomic E-state index is -0.0236. The summed E-state index contributed by atoms with van der Waals surface area (Å²) in [6, 6.07) is 0. The van der Waals surface area contributed by atoms with Crippen LogP contribution in [0.25, 0.3) is 0 Å². The molecule has 0 aromatic heterocycles. The van der Waals surface area contributed by atoms with Gasteiger partial charge in [0.25, 0.3) is 0 Å². The van der Waals surface area contributed by atoms with E-state index in [-0.39, 0.29) is 6.10 Å². The summed E-state index contributed by atoms with van der Waals surface area (Å²) < 4.78 is 5.66. The van der Waals surface area contributed by atoms with Crippen molar-refractivity contribution in [1.29, 1.82) is 0 Å². The zero-order valence-electron chi connectivity index (χ0n) is 9.27. The first kappa shape index (κ1) is 10.1. The van der Waals surface area contributed by atoms with Crippen molar-refractivity contribution >= 4 is 0 Å². The fourth-order valence-corrected chi connectivity index (χ4v) is 3.55. The lowest BCUT2D eigenvalue weighted by Crippen LogP contribution is -2.32. The van der Waals surface area contributed by atoms with Gasteiger partial charge in [0.1, 0.15) is 0 Å². The SMILES string of the molecule is OC1CCC2CN(CC3CCCO3)CC12. The van der Waals surface area contributed by atoms with Crippen molar-refractivity contribution < 1.29 is 9.84 Å². The standard InChI is InChI=1S/C12H21NO2/c14-12-4-3-9-6-13(8-11(9)12)7-10-2-1-5-15-10/h9-12,14H,1-8H2. The lowest BCUT2D eigenvalue weighted by molar-refractivity contribution is 0.0722. The minimum absolute atomic E-state index is 0.0236. The van der Waals surface area contributed by atoms with Crippen LogP contribution in [0.3, 0.4) is 0 Å². The van der Waals surface area contributed by atoms with E-state index in [9.17, 15) is 5.11 Å². The molecule has 4 atom stereocenters. The molecule has 1 aliphatic carbocycles. The summed E-state index contributed by atoms with van der Waals surface area (Å²) in [5.74, 6) is 1.33. The van der Waals surface area contributed by atoms with E-state index < -0.39 is 0 Å². The van der Waals surface area contributed by atoms with Gasteiger partial charge < -0.3 is 14.7 Å². The average molecular weight is 211 g/mol. The number of ether oxygens (including phenoxy) is 1. The maximum absolute atomic E-state index is 9.82. The van der Waals surface area contributed by atoms with Crippen LogP contribution < -0.4 is 0 Å². The minimum Gasteiger partial charge on any atom is -0.393 e. The fraction of sp³-hybridized carbons (Fsp3) is 1.00. The number of hydrogen-bond acceptors (Lipinski definition) is 3. The largest absolute Gasteiger partial charge is 0.393 e. The van der Waals surface area contributed by atoms with Crippen LogP contribution in [0.1, 0.15) is 25.7 Å². The monoisotopic (exact) mass is 211 g/mol. The van der Waals surface area contributed by atoms with E-state index in [0.29, 0.717) is 12.0 Å². The highest BCUT2D eigenvalue weighted by atomic mass is 16.5. The van der Waals surface area contributed by atoms with Crippen LogP contribution in [-0.2, 0) is 4.74 Å². The van der Waals surface area contributed by atoms with Gasteiger partial charge >= 0.3 is 0 Å². The molecular weight excluding hydrogens is 190 g/mol. The number of hydrogen-bond donors (Lipinski definition) is 1. The highest BCUT2D eigenvalue weighted by Crippen LogP contribution is 2.38. The molecule has 0 aromatic carbocycles. The molecule has 0 aromatic rings. The molecule has 3 rings (SSSR count). The molecule has 0 bridgehead atoms. The molecule has 2 saturated heterocycles. The predicted octanol–water partition coefficient (Wildman–Crippen LogP) is 0.868. The summed E-state index contributed by atoms with van der Waals surface area (Å²) in [5, 5.41) is 9.82. The maximum atomic E-state index is 9.82. The molecule has 86 valence electrons. The first-order valence-corrected chi connectivity index (χ1v) is 6.35. The lowest BCUT2D eigenvalue weighted by Gasteiger charge is -2.21. The average Bonchev–Trinajstić information content (AvgIpc) is 2.88. The number of rotatable bonds is 2. The maximum Gasteiger partial charge on any atom is 0.0702 e. The van der Waals surface area contributed by atoms with Crippen LogP contribution in [0.15, 0.2) is 0 Å². The quantitative estimate of drug-likeness (QED) is 0.735. The molecule has 2 heterocycles. The van der Waals surface area contributed by atoms with Crippen molar-refractivity contribution in [2.45, 2.75) is 37.9 Å². The molecular formula is C12H21NO2. The third-order valence-corrected chi connectivity index (χ3v) is 4.38. The van der Waals surface area contributed by atoms with Gasteiger partial charge in [-0.1, -0.05) is 0 Å². The second-order valence-electron chi connectivity index (χ2n) is 5.42. The Hall–Kier alpha value is -0.120. The summed E-state index contributed by atoms with van der Waals surface area (Å²) in [4.78, 5) is 2.51. The van der Waals surface area contributed by atoms with Gasteiger partial charge in [-0.15, -0.1) is 0 Å². The van der Waals surface area contributed by atoms with Crippen LogP contribution >= 0.6 is 0 Å². The second-order valence-corrected chi connectivity index (χ2v) is 5.42. The van der Waals surface area contributed by atoms with E-state index in [1.54, 1.807) is 0 Å². The third kappa shape index (κ3) is 1.93. The summed E-state index contributed by atoms with van der Waals surface area (Å²) in [6.45, 7) is 4.35. The molecule has 3 nitrogen and oxygen atoms in total. The first-order chi connectivity index (χ1) is 7.33. The highest BCUT2D eigenvalue weighted by molar-refractivity contribution is 4.94. The van der Waals surface area contributed by atoms with Gasteiger partial charge in [0, 0.05) is 32.2 Å². The molecule has 0 radical (unpaired) electrons. The molecule has 2 aliphatic heterocycles. The van der Waals surface area contributed by atoms with E-state index in [0.717, 1.165) is 32.0 Å². The summed E-state index contributed by atoms with van der Waals surface area (Å²) in [6.07, 6.45) is 5.17. The van der Waals surface area contributed by atoms with E-state index >= 15 is 0 Å². The molecule has 4 unspecified atom stereocenters. The predicted molar refractivity (Wildman–Crippen MR) is 57.6 cm³/mol. The number of nitrogens with zero attached hydrogens (tertiary/aromatic N) is 1. The summed E-state index contributed by atoms with van der Waals surface area (Å²) >= 11 is 0. The lowest BCUT2D eigenvalue weighted by atomic mass is 10.00. The van der Waals surface area contributed by atoms with Crippen molar-refractivity contribution in [1.82, 2.24) is 4.90 Å². The summed E-state index contributed by atoms with van der Waals surface area (Å²) in [5.41, 5.74) is 0. The smallest absolute Gasteiger partial charge is 0.0702 e. The van der Waals surface area contributed by atoms with E-state index in [1.165, 1.54) is 25.8 Å². The molecule has 1 N–H and O–H groups in total. The molecule has 3 heteroatoms. The van der Waals surface area contributed by atoms with Gasteiger partial charge in [-0.2, -0.15) is 0 Å². The molecule has 3 fully saturated rings.